The molecule has 0 aromatic heterocycles. The lowest BCUT2D eigenvalue weighted by Gasteiger charge is -2.23. The van der Waals surface area contributed by atoms with Gasteiger partial charge in [0.25, 0.3) is 0 Å². The Morgan fingerprint density at radius 2 is 2.10 bits per heavy atom. The second-order valence-corrected chi connectivity index (χ2v) is 8.31. The summed E-state index contributed by atoms with van der Waals surface area (Å²) < 4.78 is 28.0. The zero-order chi connectivity index (χ0) is 15.0. The van der Waals surface area contributed by atoms with E-state index in [1.807, 2.05) is 7.05 Å². The Kier molecular flexibility index (Phi) is 4.28. The molecule has 0 amide bonds. The summed E-state index contributed by atoms with van der Waals surface area (Å²) in [6, 6.07) is 5.01. The molecule has 3 atom stereocenters. The van der Waals surface area contributed by atoms with Gasteiger partial charge in [-0.05, 0) is 61.9 Å². The van der Waals surface area contributed by atoms with Crippen molar-refractivity contribution in [1.29, 1.82) is 0 Å². The van der Waals surface area contributed by atoms with Crippen LogP contribution in [0.5, 0.6) is 0 Å². The van der Waals surface area contributed by atoms with Gasteiger partial charge < -0.3 is 5.32 Å². The minimum Gasteiger partial charge on any atom is -0.316 e. The summed E-state index contributed by atoms with van der Waals surface area (Å²) in [7, 11) is -1.65. The van der Waals surface area contributed by atoms with Gasteiger partial charge in [-0.15, -0.1) is 0 Å². The first-order chi connectivity index (χ1) is 9.99. The van der Waals surface area contributed by atoms with Crippen LogP contribution in [0.25, 0.3) is 0 Å². The average Bonchev–Trinajstić information content (AvgIpc) is 3.03. The molecule has 2 saturated carbocycles. The van der Waals surface area contributed by atoms with Crippen LogP contribution in [0.2, 0.25) is 5.02 Å². The molecule has 1 aromatic rings. The number of hydrogen-bond acceptors (Lipinski definition) is 3. The Labute approximate surface area is 131 Å². The van der Waals surface area contributed by atoms with E-state index in [0.717, 1.165) is 18.4 Å². The Morgan fingerprint density at radius 1 is 1.29 bits per heavy atom. The van der Waals surface area contributed by atoms with Crippen LogP contribution in [0.3, 0.4) is 0 Å². The molecule has 21 heavy (non-hydrogen) atoms. The molecule has 2 N–H and O–H groups in total. The quantitative estimate of drug-likeness (QED) is 0.873. The molecule has 2 bridgehead atoms. The summed E-state index contributed by atoms with van der Waals surface area (Å²) in [6.45, 7) is 0.552. The zero-order valence-electron chi connectivity index (χ0n) is 12.1. The molecule has 4 nitrogen and oxygen atoms in total. The minimum atomic E-state index is -3.46. The maximum atomic E-state index is 12.6. The van der Waals surface area contributed by atoms with Gasteiger partial charge in [0.2, 0.25) is 10.0 Å². The summed E-state index contributed by atoms with van der Waals surface area (Å²) >= 11 is 6.09. The fourth-order valence-corrected chi connectivity index (χ4v) is 5.25. The number of hydrogen-bond donors (Lipinski definition) is 2. The van der Waals surface area contributed by atoms with Crippen LogP contribution in [0.15, 0.2) is 23.1 Å². The lowest BCUT2D eigenvalue weighted by atomic mass is 9.96. The van der Waals surface area contributed by atoms with E-state index >= 15 is 0 Å². The molecule has 3 rings (SSSR count). The molecule has 2 aliphatic carbocycles. The largest absolute Gasteiger partial charge is 0.316 e. The summed E-state index contributed by atoms with van der Waals surface area (Å²) in [4.78, 5) is 0.305. The van der Waals surface area contributed by atoms with Gasteiger partial charge in [-0.25, -0.2) is 13.1 Å². The van der Waals surface area contributed by atoms with Gasteiger partial charge in [-0.2, -0.15) is 0 Å². The van der Waals surface area contributed by atoms with Gasteiger partial charge in [0.05, 0.1) is 4.90 Å². The summed E-state index contributed by atoms with van der Waals surface area (Å²) in [5, 5.41) is 3.59. The topological polar surface area (TPSA) is 58.2 Å². The van der Waals surface area contributed by atoms with Crippen molar-refractivity contribution >= 4 is 21.6 Å². The normalized spacial score (nSPS) is 28.2. The third-order valence-electron chi connectivity index (χ3n) is 4.74. The van der Waals surface area contributed by atoms with Crippen LogP contribution in [-0.4, -0.2) is 21.5 Å². The summed E-state index contributed by atoms with van der Waals surface area (Å²) in [5.74, 6) is 1.24. The summed E-state index contributed by atoms with van der Waals surface area (Å²) in [6.07, 6.45) is 4.58. The van der Waals surface area contributed by atoms with Crippen molar-refractivity contribution in [2.45, 2.75) is 43.2 Å². The first kappa shape index (κ1) is 15.3. The van der Waals surface area contributed by atoms with Crippen LogP contribution in [-0.2, 0) is 16.6 Å². The first-order valence-electron chi connectivity index (χ1n) is 7.45. The Morgan fingerprint density at radius 3 is 2.71 bits per heavy atom. The molecule has 1 aromatic carbocycles. The van der Waals surface area contributed by atoms with Crippen molar-refractivity contribution in [2.24, 2.45) is 11.8 Å². The number of fused-ring (bicyclic) bond motifs is 2. The highest BCUT2D eigenvalue weighted by Gasteiger charge is 2.41. The molecule has 0 aliphatic heterocycles. The van der Waals surface area contributed by atoms with Gasteiger partial charge in [0.15, 0.2) is 0 Å². The smallest absolute Gasteiger partial charge is 0.240 e. The average molecular weight is 329 g/mol. The van der Waals surface area contributed by atoms with Crippen molar-refractivity contribution in [3.05, 3.63) is 28.8 Å². The van der Waals surface area contributed by atoms with Gasteiger partial charge in [0, 0.05) is 17.6 Å². The van der Waals surface area contributed by atoms with Crippen LogP contribution in [0, 0.1) is 11.8 Å². The van der Waals surface area contributed by atoms with E-state index in [1.54, 1.807) is 18.2 Å². The van der Waals surface area contributed by atoms with Crippen molar-refractivity contribution < 1.29 is 8.42 Å². The van der Waals surface area contributed by atoms with E-state index in [9.17, 15) is 8.42 Å². The third kappa shape index (κ3) is 3.11. The second-order valence-electron chi connectivity index (χ2n) is 6.19. The van der Waals surface area contributed by atoms with Crippen LogP contribution in [0.4, 0.5) is 0 Å². The highest BCUT2D eigenvalue weighted by molar-refractivity contribution is 7.89. The molecular weight excluding hydrogens is 308 g/mol. The number of sulfonamides is 1. The Bertz CT molecular complexity index is 633. The number of nitrogens with one attached hydrogen (secondary N) is 2. The van der Waals surface area contributed by atoms with Crippen molar-refractivity contribution in [3.8, 4) is 0 Å². The van der Waals surface area contributed by atoms with E-state index in [1.165, 1.54) is 12.8 Å². The van der Waals surface area contributed by atoms with Crippen LogP contribution in [0.1, 0.15) is 31.2 Å². The molecule has 0 spiro atoms. The monoisotopic (exact) mass is 328 g/mol. The van der Waals surface area contributed by atoms with Crippen molar-refractivity contribution in [2.75, 3.05) is 7.05 Å². The zero-order valence-corrected chi connectivity index (χ0v) is 13.7. The molecule has 2 fully saturated rings. The first-order valence-corrected chi connectivity index (χ1v) is 9.31. The molecule has 3 unspecified atom stereocenters. The molecular formula is C15H21ClN2O2S. The van der Waals surface area contributed by atoms with Crippen molar-refractivity contribution in [1.82, 2.24) is 10.0 Å². The standard InChI is InChI=1S/C15H21ClN2O2S/c1-17-9-12-8-13(4-5-14(12)16)21(19,20)18-15-7-10-2-3-11(15)6-10/h4-5,8,10-11,15,17-18H,2-3,6-7,9H2,1H3. The predicted octanol–water partition coefficient (Wildman–Crippen LogP) is 2.53. The minimum absolute atomic E-state index is 0.108. The molecule has 116 valence electrons. The summed E-state index contributed by atoms with van der Waals surface area (Å²) in [5.41, 5.74) is 0.801. The molecule has 0 saturated heterocycles. The van der Waals surface area contributed by atoms with Gasteiger partial charge >= 0.3 is 0 Å². The lowest BCUT2D eigenvalue weighted by molar-refractivity contribution is 0.390. The van der Waals surface area contributed by atoms with Crippen LogP contribution >= 0.6 is 11.6 Å². The predicted molar refractivity (Wildman–Crippen MR) is 83.8 cm³/mol. The van der Waals surface area contributed by atoms with E-state index in [0.29, 0.717) is 28.3 Å². The Hall–Kier alpha value is -0.620. The Balaban J connectivity index is 1.80. The molecule has 2 aliphatic rings. The second kappa shape index (κ2) is 5.88. The number of rotatable bonds is 5. The molecule has 0 heterocycles. The van der Waals surface area contributed by atoms with E-state index in [-0.39, 0.29) is 6.04 Å². The highest BCUT2D eigenvalue weighted by atomic mass is 35.5. The third-order valence-corrected chi connectivity index (χ3v) is 6.60. The molecule has 0 radical (unpaired) electrons. The maximum absolute atomic E-state index is 12.6. The fraction of sp³-hybridized carbons (Fsp3) is 0.600. The van der Waals surface area contributed by atoms with Gasteiger partial charge in [-0.3, -0.25) is 0 Å². The van der Waals surface area contributed by atoms with Crippen molar-refractivity contribution in [3.63, 3.8) is 0 Å². The SMILES string of the molecule is CNCc1cc(S(=O)(=O)NC2CC3CCC2C3)ccc1Cl. The van der Waals surface area contributed by atoms with Gasteiger partial charge in [0.1, 0.15) is 0 Å². The lowest BCUT2D eigenvalue weighted by Crippen LogP contribution is -2.38. The van der Waals surface area contributed by atoms with E-state index < -0.39 is 10.0 Å². The molecule has 6 heteroatoms. The van der Waals surface area contributed by atoms with E-state index in [2.05, 4.69) is 10.0 Å². The fourth-order valence-electron chi connectivity index (χ4n) is 3.70. The van der Waals surface area contributed by atoms with Gasteiger partial charge in [-0.1, -0.05) is 18.0 Å². The number of halogens is 1. The maximum Gasteiger partial charge on any atom is 0.240 e. The number of benzene rings is 1. The van der Waals surface area contributed by atoms with E-state index in [4.69, 9.17) is 11.6 Å². The van der Waals surface area contributed by atoms with Crippen LogP contribution < -0.4 is 10.0 Å². The highest BCUT2D eigenvalue weighted by Crippen LogP contribution is 2.44.